The fourth-order valence-corrected chi connectivity index (χ4v) is 4.79. The van der Waals surface area contributed by atoms with E-state index < -0.39 is 0 Å². The maximum Gasteiger partial charge on any atom is 0.182 e. The molecule has 0 spiro atoms. The van der Waals surface area contributed by atoms with Crippen molar-refractivity contribution < 1.29 is 14.2 Å². The average Bonchev–Trinajstić information content (AvgIpc) is 3.59. The molecule has 9 heteroatoms. The molecule has 0 saturated carbocycles. The van der Waals surface area contributed by atoms with E-state index in [2.05, 4.69) is 66.6 Å². The van der Waals surface area contributed by atoms with Gasteiger partial charge in [-0.25, -0.2) is 15.0 Å². The van der Waals surface area contributed by atoms with Crippen molar-refractivity contribution >= 4 is 27.8 Å². The molecule has 2 aromatic carbocycles. The molecule has 0 unspecified atom stereocenters. The Kier molecular flexibility index (Phi) is 8.22. The lowest BCUT2D eigenvalue weighted by molar-refractivity contribution is 0.0539. The quantitative estimate of drug-likeness (QED) is 0.274. The second kappa shape index (κ2) is 12.1. The van der Waals surface area contributed by atoms with Crippen LogP contribution in [0.1, 0.15) is 25.3 Å². The molecule has 0 radical (unpaired) electrons. The number of hydrogen-bond acceptors (Lipinski definition) is 8. The van der Waals surface area contributed by atoms with E-state index in [1.807, 2.05) is 6.92 Å². The Balaban J connectivity index is 1.21. The van der Waals surface area contributed by atoms with Crippen molar-refractivity contribution in [2.45, 2.75) is 32.4 Å². The minimum atomic E-state index is 0.245. The van der Waals surface area contributed by atoms with Gasteiger partial charge in [-0.3, -0.25) is 0 Å². The van der Waals surface area contributed by atoms with Gasteiger partial charge >= 0.3 is 0 Å². The predicted octanol–water partition coefficient (Wildman–Crippen LogP) is 3.70. The zero-order chi connectivity index (χ0) is 24.6. The van der Waals surface area contributed by atoms with Crippen LogP contribution in [-0.4, -0.2) is 72.1 Å². The number of anilines is 1. The van der Waals surface area contributed by atoms with Crippen LogP contribution in [-0.2, 0) is 16.0 Å². The van der Waals surface area contributed by atoms with Crippen molar-refractivity contribution in [1.29, 1.82) is 0 Å². The highest BCUT2D eigenvalue weighted by molar-refractivity contribution is 5.91. The standard InChI is InChI=1S/C27H34N6O3/c1-2-34-14-15-35-13-11-28-16-20-9-10-24(23-8-4-3-7-22(20)23)36-17-21-6-5-12-33(21)27-25-26(30-18-29-25)31-19-32-27/h3-4,7-10,18-19,21,28H,2,5-6,11-17H2,1H3,(H,29,30,31,32)/t21-/m1/s1. The first-order chi connectivity index (χ1) is 17.8. The van der Waals surface area contributed by atoms with Crippen LogP contribution >= 0.6 is 0 Å². The Bertz CT molecular complexity index is 1260. The van der Waals surface area contributed by atoms with Crippen LogP contribution in [0, 0.1) is 0 Å². The highest BCUT2D eigenvalue weighted by Gasteiger charge is 2.28. The number of benzene rings is 2. The first-order valence-electron chi connectivity index (χ1n) is 12.8. The summed E-state index contributed by atoms with van der Waals surface area (Å²) in [5, 5.41) is 5.82. The van der Waals surface area contributed by atoms with Crippen LogP contribution in [0.3, 0.4) is 0 Å². The first kappa shape index (κ1) is 24.4. The molecule has 1 atom stereocenters. The molecule has 36 heavy (non-hydrogen) atoms. The third kappa shape index (κ3) is 5.59. The average molecular weight is 491 g/mol. The number of nitrogens with one attached hydrogen (secondary N) is 2. The highest BCUT2D eigenvalue weighted by atomic mass is 16.5. The summed E-state index contributed by atoms with van der Waals surface area (Å²) < 4.78 is 17.3. The van der Waals surface area contributed by atoms with Crippen LogP contribution in [0.25, 0.3) is 21.9 Å². The number of hydrogen-bond donors (Lipinski definition) is 2. The van der Waals surface area contributed by atoms with E-state index in [9.17, 15) is 0 Å². The summed E-state index contributed by atoms with van der Waals surface area (Å²) in [7, 11) is 0. The van der Waals surface area contributed by atoms with Crippen LogP contribution in [0.5, 0.6) is 5.75 Å². The normalized spacial score (nSPS) is 15.8. The molecule has 9 nitrogen and oxygen atoms in total. The summed E-state index contributed by atoms with van der Waals surface area (Å²) in [6.07, 6.45) is 5.42. The van der Waals surface area contributed by atoms with E-state index in [0.29, 0.717) is 32.1 Å². The van der Waals surface area contributed by atoms with Gasteiger partial charge in [-0.05, 0) is 36.8 Å². The fraction of sp³-hybridized carbons (Fsp3) is 0.444. The number of ether oxygens (including phenoxy) is 3. The SMILES string of the molecule is CCOCCOCCNCc1ccc(OC[C@H]2CCCN2c2ncnc3nc[nH]c23)c2ccccc12. The molecular formula is C27H34N6O3. The zero-order valence-electron chi connectivity index (χ0n) is 20.8. The summed E-state index contributed by atoms with van der Waals surface area (Å²) in [5.74, 6) is 1.81. The zero-order valence-corrected chi connectivity index (χ0v) is 20.8. The molecule has 3 heterocycles. The number of rotatable bonds is 13. The number of imidazole rings is 1. The van der Waals surface area contributed by atoms with Gasteiger partial charge in [0.1, 0.15) is 24.2 Å². The topological polar surface area (TPSA) is 97.4 Å². The molecule has 0 aliphatic carbocycles. The molecule has 5 rings (SSSR count). The van der Waals surface area contributed by atoms with Crippen molar-refractivity contribution in [3.63, 3.8) is 0 Å². The van der Waals surface area contributed by atoms with Crippen LogP contribution in [0.4, 0.5) is 5.82 Å². The molecule has 1 saturated heterocycles. The Hall–Kier alpha value is -3.27. The summed E-state index contributed by atoms with van der Waals surface area (Å²) >= 11 is 0. The Morgan fingerprint density at radius 2 is 1.92 bits per heavy atom. The number of fused-ring (bicyclic) bond motifs is 2. The van der Waals surface area contributed by atoms with E-state index in [0.717, 1.165) is 61.6 Å². The van der Waals surface area contributed by atoms with Crippen LogP contribution < -0.4 is 15.0 Å². The second-order valence-corrected chi connectivity index (χ2v) is 8.85. The molecular weight excluding hydrogens is 456 g/mol. The number of aromatic nitrogens is 4. The first-order valence-corrected chi connectivity index (χ1v) is 12.8. The lowest BCUT2D eigenvalue weighted by Gasteiger charge is -2.26. The summed E-state index contributed by atoms with van der Waals surface area (Å²) in [5.41, 5.74) is 2.82. The number of aromatic amines is 1. The molecule has 190 valence electrons. The van der Waals surface area contributed by atoms with Crippen LogP contribution in [0.15, 0.2) is 49.1 Å². The van der Waals surface area contributed by atoms with E-state index in [1.165, 1.54) is 10.9 Å². The smallest absolute Gasteiger partial charge is 0.182 e. The maximum atomic E-state index is 6.43. The monoisotopic (exact) mass is 490 g/mol. The molecule has 0 amide bonds. The Morgan fingerprint density at radius 3 is 2.83 bits per heavy atom. The van der Waals surface area contributed by atoms with Gasteiger partial charge in [0.2, 0.25) is 0 Å². The van der Waals surface area contributed by atoms with Gasteiger partial charge in [0, 0.05) is 31.6 Å². The molecule has 1 aliphatic heterocycles. The van der Waals surface area contributed by atoms with Gasteiger partial charge in [-0.2, -0.15) is 0 Å². The second-order valence-electron chi connectivity index (χ2n) is 8.85. The molecule has 2 aromatic heterocycles. The minimum absolute atomic E-state index is 0.245. The molecule has 1 aliphatic rings. The van der Waals surface area contributed by atoms with Gasteiger partial charge < -0.3 is 29.4 Å². The van der Waals surface area contributed by atoms with Gasteiger partial charge in [0.15, 0.2) is 11.5 Å². The van der Waals surface area contributed by atoms with Gasteiger partial charge in [0.05, 0.1) is 32.2 Å². The number of nitrogens with zero attached hydrogens (tertiary/aromatic N) is 4. The van der Waals surface area contributed by atoms with Gasteiger partial charge in [-0.1, -0.05) is 30.3 Å². The minimum Gasteiger partial charge on any atom is -0.491 e. The van der Waals surface area contributed by atoms with E-state index in [1.54, 1.807) is 12.7 Å². The Labute approximate surface area is 211 Å². The summed E-state index contributed by atoms with van der Waals surface area (Å²) in [6.45, 7) is 7.78. The number of H-pyrrole nitrogens is 1. The van der Waals surface area contributed by atoms with Crippen molar-refractivity contribution in [2.24, 2.45) is 0 Å². The molecule has 2 N–H and O–H groups in total. The lowest BCUT2D eigenvalue weighted by atomic mass is 10.0. The highest BCUT2D eigenvalue weighted by Crippen LogP contribution is 2.31. The van der Waals surface area contributed by atoms with Crippen molar-refractivity contribution in [3.05, 3.63) is 54.6 Å². The third-order valence-electron chi connectivity index (χ3n) is 6.57. The van der Waals surface area contributed by atoms with Crippen molar-refractivity contribution in [2.75, 3.05) is 51.0 Å². The van der Waals surface area contributed by atoms with Gasteiger partial charge in [-0.15, -0.1) is 0 Å². The van der Waals surface area contributed by atoms with Gasteiger partial charge in [0.25, 0.3) is 0 Å². The lowest BCUT2D eigenvalue weighted by Crippen LogP contribution is -2.35. The van der Waals surface area contributed by atoms with Crippen molar-refractivity contribution in [3.8, 4) is 5.75 Å². The van der Waals surface area contributed by atoms with E-state index in [4.69, 9.17) is 14.2 Å². The largest absolute Gasteiger partial charge is 0.491 e. The van der Waals surface area contributed by atoms with Crippen molar-refractivity contribution in [1.82, 2.24) is 25.3 Å². The predicted molar refractivity (Wildman–Crippen MR) is 141 cm³/mol. The summed E-state index contributed by atoms with van der Waals surface area (Å²) in [6, 6.07) is 12.9. The maximum absolute atomic E-state index is 6.43. The van der Waals surface area contributed by atoms with E-state index >= 15 is 0 Å². The molecule has 1 fully saturated rings. The summed E-state index contributed by atoms with van der Waals surface area (Å²) in [4.78, 5) is 18.6. The fourth-order valence-electron chi connectivity index (χ4n) is 4.79. The molecule has 4 aromatic rings. The van der Waals surface area contributed by atoms with Crippen LogP contribution in [0.2, 0.25) is 0 Å². The molecule has 0 bridgehead atoms. The third-order valence-corrected chi connectivity index (χ3v) is 6.57. The van der Waals surface area contributed by atoms with E-state index in [-0.39, 0.29) is 6.04 Å². The Morgan fingerprint density at radius 1 is 1.03 bits per heavy atom.